The molecule has 3 saturated heterocycles. The summed E-state index contributed by atoms with van der Waals surface area (Å²) in [7, 11) is 0. The summed E-state index contributed by atoms with van der Waals surface area (Å²) in [5, 5.41) is 7.06. The molecule has 3 aliphatic heterocycles. The van der Waals surface area contributed by atoms with E-state index < -0.39 is 0 Å². The molecule has 0 spiro atoms. The molecule has 2 atom stereocenters. The third kappa shape index (κ3) is 4.33. The third-order valence-corrected chi connectivity index (χ3v) is 6.44. The fourth-order valence-corrected chi connectivity index (χ4v) is 5.02. The van der Waals surface area contributed by atoms with Gasteiger partial charge in [0.15, 0.2) is 0 Å². The van der Waals surface area contributed by atoms with Crippen molar-refractivity contribution >= 4 is 5.91 Å². The molecule has 0 bridgehead atoms. The second kappa shape index (κ2) is 8.67. The molecule has 148 valence electrons. The highest BCUT2D eigenvalue weighted by atomic mass is 16.5. The van der Waals surface area contributed by atoms with Crippen molar-refractivity contribution in [1.82, 2.24) is 20.5 Å². The molecule has 0 aromatic carbocycles. The summed E-state index contributed by atoms with van der Waals surface area (Å²) < 4.78 is 5.48. The van der Waals surface area contributed by atoms with Gasteiger partial charge in [0.25, 0.3) is 0 Å². The Hall–Kier alpha value is -1.50. The van der Waals surface area contributed by atoms with Gasteiger partial charge in [-0.2, -0.15) is 0 Å². The van der Waals surface area contributed by atoms with E-state index in [4.69, 9.17) is 4.74 Å². The van der Waals surface area contributed by atoms with Crippen molar-refractivity contribution in [2.45, 2.75) is 62.6 Å². The molecule has 4 heterocycles. The number of amides is 1. The maximum atomic E-state index is 13.2. The van der Waals surface area contributed by atoms with Crippen LogP contribution in [-0.4, -0.2) is 66.3 Å². The topological polar surface area (TPSA) is 66.5 Å². The van der Waals surface area contributed by atoms with Crippen molar-refractivity contribution in [1.29, 1.82) is 0 Å². The smallest absolute Gasteiger partial charge is 0.240 e. The lowest BCUT2D eigenvalue weighted by atomic mass is 9.84. The molecule has 1 amide bonds. The molecule has 0 saturated carbocycles. The Balaban J connectivity index is 1.35. The average molecular weight is 373 g/mol. The zero-order valence-corrected chi connectivity index (χ0v) is 16.2. The van der Waals surface area contributed by atoms with Gasteiger partial charge in [-0.05, 0) is 63.1 Å². The number of piperidine rings is 1. The van der Waals surface area contributed by atoms with Crippen molar-refractivity contribution in [2.24, 2.45) is 0 Å². The second-order valence-electron chi connectivity index (χ2n) is 8.26. The molecule has 2 N–H and O–H groups in total. The zero-order chi connectivity index (χ0) is 18.5. The van der Waals surface area contributed by atoms with Crippen molar-refractivity contribution < 1.29 is 9.53 Å². The number of carbonyl (C=O) groups is 1. The van der Waals surface area contributed by atoms with E-state index in [1.807, 2.05) is 12.3 Å². The van der Waals surface area contributed by atoms with Gasteiger partial charge in [-0.15, -0.1) is 0 Å². The standard InChI is InChI=1S/C21H32N4O2/c26-20(23-10-5-17-4-3-9-22-15-17)21-8-1-2-11-25(21)16-19(14-21)24-18-6-12-27-13-7-18/h3-4,9,15,18-19,24H,1-2,5-8,10-14,16H2,(H,23,26)/t19-,21-/m0/s1. The monoisotopic (exact) mass is 372 g/mol. The Morgan fingerprint density at radius 1 is 1.30 bits per heavy atom. The number of hydrogen-bond acceptors (Lipinski definition) is 5. The third-order valence-electron chi connectivity index (χ3n) is 6.44. The number of nitrogens with zero attached hydrogens (tertiary/aromatic N) is 2. The van der Waals surface area contributed by atoms with Crippen molar-refractivity contribution in [3.8, 4) is 0 Å². The van der Waals surface area contributed by atoms with Crippen LogP contribution in [0.25, 0.3) is 0 Å². The van der Waals surface area contributed by atoms with E-state index in [0.717, 1.165) is 64.8 Å². The molecular formula is C21H32N4O2. The molecule has 1 aromatic heterocycles. The minimum Gasteiger partial charge on any atom is -0.381 e. The number of hydrogen-bond donors (Lipinski definition) is 2. The summed E-state index contributed by atoms with van der Waals surface area (Å²) >= 11 is 0. The van der Waals surface area contributed by atoms with E-state index in [1.165, 1.54) is 12.0 Å². The fraction of sp³-hybridized carbons (Fsp3) is 0.714. The van der Waals surface area contributed by atoms with Crippen LogP contribution in [0.15, 0.2) is 24.5 Å². The normalized spacial score (nSPS) is 29.4. The summed E-state index contributed by atoms with van der Waals surface area (Å²) in [6, 6.07) is 4.96. The summed E-state index contributed by atoms with van der Waals surface area (Å²) in [6.45, 7) is 4.43. The van der Waals surface area contributed by atoms with Crippen LogP contribution in [0.1, 0.15) is 44.1 Å². The molecule has 3 aliphatic rings. The van der Waals surface area contributed by atoms with Gasteiger partial charge in [-0.1, -0.05) is 6.07 Å². The lowest BCUT2D eigenvalue weighted by Gasteiger charge is -2.40. The molecule has 0 unspecified atom stereocenters. The molecule has 1 aromatic rings. The number of pyridine rings is 1. The van der Waals surface area contributed by atoms with Crippen LogP contribution in [0.3, 0.4) is 0 Å². The molecule has 0 aliphatic carbocycles. The van der Waals surface area contributed by atoms with Gasteiger partial charge in [-0.25, -0.2) is 0 Å². The summed E-state index contributed by atoms with van der Waals surface area (Å²) in [5.41, 5.74) is 0.858. The van der Waals surface area contributed by atoms with Gasteiger partial charge in [0, 0.05) is 50.8 Å². The number of aromatic nitrogens is 1. The predicted octanol–water partition coefficient (Wildman–Crippen LogP) is 1.51. The van der Waals surface area contributed by atoms with E-state index in [-0.39, 0.29) is 11.4 Å². The summed E-state index contributed by atoms with van der Waals surface area (Å²) in [6.07, 6.45) is 10.9. The number of ether oxygens (including phenoxy) is 1. The van der Waals surface area contributed by atoms with Crippen LogP contribution < -0.4 is 10.6 Å². The number of carbonyl (C=O) groups excluding carboxylic acids is 1. The first-order chi connectivity index (χ1) is 13.3. The van der Waals surface area contributed by atoms with Crippen LogP contribution in [-0.2, 0) is 16.0 Å². The van der Waals surface area contributed by atoms with E-state index in [9.17, 15) is 4.79 Å². The van der Waals surface area contributed by atoms with Crippen molar-refractivity contribution in [2.75, 3.05) is 32.8 Å². The fourth-order valence-electron chi connectivity index (χ4n) is 5.02. The number of nitrogens with one attached hydrogen (secondary N) is 2. The maximum absolute atomic E-state index is 13.2. The zero-order valence-electron chi connectivity index (χ0n) is 16.2. The first kappa shape index (κ1) is 18.8. The molecule has 3 fully saturated rings. The highest BCUT2D eigenvalue weighted by Gasteiger charge is 2.51. The first-order valence-electron chi connectivity index (χ1n) is 10.5. The molecule has 6 nitrogen and oxygen atoms in total. The van der Waals surface area contributed by atoms with Gasteiger partial charge >= 0.3 is 0 Å². The van der Waals surface area contributed by atoms with Crippen LogP contribution in [0.2, 0.25) is 0 Å². The van der Waals surface area contributed by atoms with Gasteiger partial charge < -0.3 is 15.4 Å². The van der Waals surface area contributed by atoms with E-state index in [2.05, 4.69) is 26.6 Å². The van der Waals surface area contributed by atoms with Gasteiger partial charge in [-0.3, -0.25) is 14.7 Å². The van der Waals surface area contributed by atoms with Gasteiger partial charge in [0.1, 0.15) is 5.54 Å². The van der Waals surface area contributed by atoms with Gasteiger partial charge in [0.05, 0.1) is 0 Å². The Kier molecular flexibility index (Phi) is 6.05. The lowest BCUT2D eigenvalue weighted by Crippen LogP contribution is -2.57. The van der Waals surface area contributed by atoms with Crippen LogP contribution in [0, 0.1) is 0 Å². The highest BCUT2D eigenvalue weighted by molar-refractivity contribution is 5.87. The molecule has 4 rings (SSSR count). The molecule has 0 radical (unpaired) electrons. The average Bonchev–Trinajstić information content (AvgIpc) is 3.08. The predicted molar refractivity (Wildman–Crippen MR) is 104 cm³/mol. The Bertz CT molecular complexity index is 620. The van der Waals surface area contributed by atoms with Crippen LogP contribution in [0.4, 0.5) is 0 Å². The van der Waals surface area contributed by atoms with E-state index in [1.54, 1.807) is 6.20 Å². The largest absolute Gasteiger partial charge is 0.381 e. The quantitative estimate of drug-likeness (QED) is 0.792. The second-order valence-corrected chi connectivity index (χ2v) is 8.26. The van der Waals surface area contributed by atoms with Crippen molar-refractivity contribution in [3.63, 3.8) is 0 Å². The Labute approximate surface area is 162 Å². The molecular weight excluding hydrogens is 340 g/mol. The summed E-state index contributed by atoms with van der Waals surface area (Å²) in [5.74, 6) is 0.224. The Morgan fingerprint density at radius 2 is 2.19 bits per heavy atom. The van der Waals surface area contributed by atoms with Crippen LogP contribution in [0.5, 0.6) is 0 Å². The van der Waals surface area contributed by atoms with E-state index >= 15 is 0 Å². The minimum atomic E-state index is -0.310. The summed E-state index contributed by atoms with van der Waals surface area (Å²) in [4.78, 5) is 19.8. The lowest BCUT2D eigenvalue weighted by molar-refractivity contribution is -0.133. The first-order valence-corrected chi connectivity index (χ1v) is 10.5. The highest BCUT2D eigenvalue weighted by Crippen LogP contribution is 2.38. The van der Waals surface area contributed by atoms with Crippen LogP contribution >= 0.6 is 0 Å². The number of rotatable bonds is 6. The SMILES string of the molecule is O=C(NCCc1cccnc1)[C@@]12CCCCN1C[C@@H](NC1CCOCC1)C2. The van der Waals surface area contributed by atoms with Crippen molar-refractivity contribution in [3.05, 3.63) is 30.1 Å². The molecule has 6 heteroatoms. The Morgan fingerprint density at radius 3 is 3.00 bits per heavy atom. The molecule has 27 heavy (non-hydrogen) atoms. The van der Waals surface area contributed by atoms with E-state index in [0.29, 0.717) is 18.6 Å². The number of fused-ring (bicyclic) bond motifs is 1. The maximum Gasteiger partial charge on any atom is 0.240 e. The van der Waals surface area contributed by atoms with Gasteiger partial charge in [0.2, 0.25) is 5.91 Å². The minimum absolute atomic E-state index is 0.224.